The summed E-state index contributed by atoms with van der Waals surface area (Å²) in [6, 6.07) is 0. The Bertz CT molecular complexity index is 323. The Morgan fingerprint density at radius 2 is 0.897 bits per heavy atom. The summed E-state index contributed by atoms with van der Waals surface area (Å²) in [5.41, 5.74) is 0. The molecule has 0 bridgehead atoms. The molecule has 0 radical (unpaired) electrons. The first-order chi connectivity index (χ1) is 14.3. The number of hydrogen-bond acceptors (Lipinski definition) is 1. The maximum absolute atomic E-state index is 6.27. The summed E-state index contributed by atoms with van der Waals surface area (Å²) < 4.78 is 6.27. The Kier molecular flexibility index (Phi) is 23.3. The average molecular weight is 407 g/mol. The van der Waals surface area contributed by atoms with Crippen LogP contribution < -0.4 is 0 Å². The Hall–Kier alpha value is -0.560. The van der Waals surface area contributed by atoms with E-state index in [1.807, 2.05) is 0 Å². The van der Waals surface area contributed by atoms with Gasteiger partial charge in [-0.05, 0) is 38.5 Å². The van der Waals surface area contributed by atoms with Crippen molar-refractivity contribution in [3.05, 3.63) is 24.3 Å². The maximum atomic E-state index is 6.27. The van der Waals surface area contributed by atoms with Crippen molar-refractivity contribution in [3.8, 4) is 0 Å². The van der Waals surface area contributed by atoms with Crippen LogP contribution >= 0.6 is 0 Å². The van der Waals surface area contributed by atoms with Crippen molar-refractivity contribution in [1.82, 2.24) is 0 Å². The zero-order chi connectivity index (χ0) is 21.4. The standard InChI is InChI=1S/C28H54O/c1-5-9-13-15-19-23-27(21-17-11-7-3)25-29-26-28(22-18-12-8-4)24-20-16-14-10-6-2/h19-20,23-24,27-28H,5-18,21-22,25-26H2,1-4H3. The van der Waals surface area contributed by atoms with E-state index in [9.17, 15) is 0 Å². The van der Waals surface area contributed by atoms with Crippen LogP contribution in [0.4, 0.5) is 0 Å². The Labute approximate surface area is 184 Å². The molecule has 172 valence electrons. The van der Waals surface area contributed by atoms with Crippen LogP contribution in [0, 0.1) is 11.8 Å². The van der Waals surface area contributed by atoms with Gasteiger partial charge in [-0.3, -0.25) is 0 Å². The van der Waals surface area contributed by atoms with Crippen LogP contribution in [0.15, 0.2) is 24.3 Å². The van der Waals surface area contributed by atoms with Crippen molar-refractivity contribution >= 4 is 0 Å². The number of hydrogen-bond donors (Lipinski definition) is 0. The van der Waals surface area contributed by atoms with Crippen molar-refractivity contribution in [2.45, 2.75) is 130 Å². The molecule has 2 atom stereocenters. The fourth-order valence-corrected chi connectivity index (χ4v) is 3.76. The topological polar surface area (TPSA) is 9.23 Å². The Balaban J connectivity index is 4.41. The van der Waals surface area contributed by atoms with Gasteiger partial charge in [0.2, 0.25) is 0 Å². The number of unbranched alkanes of at least 4 members (excludes halogenated alkanes) is 10. The molecule has 1 heteroatoms. The first-order valence-electron chi connectivity index (χ1n) is 13.2. The zero-order valence-electron chi connectivity index (χ0n) is 20.6. The van der Waals surface area contributed by atoms with E-state index < -0.39 is 0 Å². The third-order valence-corrected chi connectivity index (χ3v) is 5.79. The minimum absolute atomic E-state index is 0.605. The van der Waals surface area contributed by atoms with Gasteiger partial charge in [-0.25, -0.2) is 0 Å². The van der Waals surface area contributed by atoms with E-state index in [0.717, 1.165) is 13.2 Å². The van der Waals surface area contributed by atoms with E-state index in [1.165, 1.54) is 103 Å². The predicted octanol–water partition coefficient (Wildman–Crippen LogP) is 9.67. The largest absolute Gasteiger partial charge is 0.380 e. The molecular weight excluding hydrogens is 352 g/mol. The first-order valence-corrected chi connectivity index (χ1v) is 13.2. The van der Waals surface area contributed by atoms with Gasteiger partial charge in [0.25, 0.3) is 0 Å². The molecule has 2 unspecified atom stereocenters. The predicted molar refractivity (Wildman–Crippen MR) is 133 cm³/mol. The van der Waals surface area contributed by atoms with Crippen molar-refractivity contribution < 1.29 is 4.74 Å². The lowest BCUT2D eigenvalue weighted by Crippen LogP contribution is -2.13. The quantitative estimate of drug-likeness (QED) is 0.128. The van der Waals surface area contributed by atoms with Crippen LogP contribution in [0.5, 0.6) is 0 Å². The highest BCUT2D eigenvalue weighted by Crippen LogP contribution is 2.17. The fraction of sp³-hybridized carbons (Fsp3) is 0.857. The highest BCUT2D eigenvalue weighted by molar-refractivity contribution is 4.90. The summed E-state index contributed by atoms with van der Waals surface area (Å²) in [7, 11) is 0. The van der Waals surface area contributed by atoms with Crippen molar-refractivity contribution in [2.24, 2.45) is 11.8 Å². The molecule has 0 amide bonds. The second-order valence-electron chi connectivity index (χ2n) is 8.90. The molecule has 0 fully saturated rings. The van der Waals surface area contributed by atoms with Gasteiger partial charge in [0.05, 0.1) is 13.2 Å². The second kappa shape index (κ2) is 23.7. The van der Waals surface area contributed by atoms with Crippen LogP contribution in [0.3, 0.4) is 0 Å². The molecule has 0 aliphatic heterocycles. The van der Waals surface area contributed by atoms with Gasteiger partial charge in [-0.15, -0.1) is 0 Å². The minimum Gasteiger partial charge on any atom is -0.380 e. The van der Waals surface area contributed by atoms with Crippen LogP contribution in [-0.2, 0) is 4.74 Å². The van der Waals surface area contributed by atoms with Crippen LogP contribution in [0.25, 0.3) is 0 Å². The van der Waals surface area contributed by atoms with E-state index in [2.05, 4.69) is 52.0 Å². The highest BCUT2D eigenvalue weighted by Gasteiger charge is 2.09. The van der Waals surface area contributed by atoms with E-state index >= 15 is 0 Å². The van der Waals surface area contributed by atoms with Gasteiger partial charge in [-0.1, -0.05) is 116 Å². The summed E-state index contributed by atoms with van der Waals surface area (Å²) in [6.07, 6.45) is 30.7. The van der Waals surface area contributed by atoms with E-state index in [0.29, 0.717) is 11.8 Å². The van der Waals surface area contributed by atoms with Crippen molar-refractivity contribution in [1.29, 1.82) is 0 Å². The first kappa shape index (κ1) is 28.4. The summed E-state index contributed by atoms with van der Waals surface area (Å²) >= 11 is 0. The van der Waals surface area contributed by atoms with E-state index in [4.69, 9.17) is 4.74 Å². The molecule has 0 saturated carbocycles. The van der Waals surface area contributed by atoms with Crippen molar-refractivity contribution in [3.63, 3.8) is 0 Å². The monoisotopic (exact) mass is 406 g/mol. The van der Waals surface area contributed by atoms with Gasteiger partial charge >= 0.3 is 0 Å². The van der Waals surface area contributed by atoms with Crippen LogP contribution in [0.1, 0.15) is 130 Å². The normalized spacial score (nSPS) is 14.2. The minimum atomic E-state index is 0.605. The SMILES string of the molecule is CCCCCC=CC(CCCCC)COCC(C=CCCCCC)CCCCC. The highest BCUT2D eigenvalue weighted by atomic mass is 16.5. The molecule has 0 aromatic heterocycles. The van der Waals surface area contributed by atoms with E-state index in [1.54, 1.807) is 0 Å². The third kappa shape index (κ3) is 20.5. The number of allylic oxidation sites excluding steroid dienone is 2. The molecule has 0 saturated heterocycles. The molecule has 1 nitrogen and oxygen atoms in total. The maximum Gasteiger partial charge on any atom is 0.0529 e. The number of ether oxygens (including phenoxy) is 1. The lowest BCUT2D eigenvalue weighted by Gasteiger charge is -2.17. The average Bonchev–Trinajstić information content (AvgIpc) is 2.72. The van der Waals surface area contributed by atoms with Gasteiger partial charge in [0.1, 0.15) is 0 Å². The smallest absolute Gasteiger partial charge is 0.0529 e. The van der Waals surface area contributed by atoms with E-state index in [-0.39, 0.29) is 0 Å². The molecule has 0 aliphatic carbocycles. The van der Waals surface area contributed by atoms with Crippen LogP contribution in [-0.4, -0.2) is 13.2 Å². The lowest BCUT2D eigenvalue weighted by molar-refractivity contribution is 0.0876. The molecule has 0 heterocycles. The van der Waals surface area contributed by atoms with Gasteiger partial charge < -0.3 is 4.74 Å². The fourth-order valence-electron chi connectivity index (χ4n) is 3.76. The van der Waals surface area contributed by atoms with Crippen molar-refractivity contribution in [2.75, 3.05) is 13.2 Å². The summed E-state index contributed by atoms with van der Waals surface area (Å²) in [5, 5.41) is 0. The number of rotatable bonds is 22. The molecule has 0 aliphatic rings. The molecular formula is C28H54O. The summed E-state index contributed by atoms with van der Waals surface area (Å²) in [5.74, 6) is 1.21. The third-order valence-electron chi connectivity index (χ3n) is 5.79. The molecule has 0 N–H and O–H groups in total. The van der Waals surface area contributed by atoms with Crippen LogP contribution in [0.2, 0.25) is 0 Å². The summed E-state index contributed by atoms with van der Waals surface area (Å²) in [6.45, 7) is 10.9. The van der Waals surface area contributed by atoms with Gasteiger partial charge in [0.15, 0.2) is 0 Å². The second-order valence-corrected chi connectivity index (χ2v) is 8.90. The summed E-state index contributed by atoms with van der Waals surface area (Å²) in [4.78, 5) is 0. The molecule has 29 heavy (non-hydrogen) atoms. The molecule has 0 aromatic rings. The Morgan fingerprint density at radius 3 is 1.28 bits per heavy atom. The zero-order valence-corrected chi connectivity index (χ0v) is 20.6. The van der Waals surface area contributed by atoms with Gasteiger partial charge in [0, 0.05) is 11.8 Å². The molecule has 0 rings (SSSR count). The molecule has 0 aromatic carbocycles. The molecule has 0 spiro atoms. The lowest BCUT2D eigenvalue weighted by atomic mass is 9.99. The van der Waals surface area contributed by atoms with Gasteiger partial charge in [-0.2, -0.15) is 0 Å². The Morgan fingerprint density at radius 1 is 0.517 bits per heavy atom.